The molecule has 2 aromatic heterocycles. The van der Waals surface area contributed by atoms with E-state index in [4.69, 9.17) is 16.0 Å². The van der Waals surface area contributed by atoms with Crippen molar-refractivity contribution in [3.05, 3.63) is 53.0 Å². The van der Waals surface area contributed by atoms with E-state index < -0.39 is 6.10 Å². The highest BCUT2D eigenvalue weighted by Crippen LogP contribution is 2.29. The normalized spacial score (nSPS) is 13.1. The number of aliphatic hydroxyl groups excluding tert-OH is 1. The van der Waals surface area contributed by atoms with E-state index in [1.54, 1.807) is 48.4 Å². The van der Waals surface area contributed by atoms with Gasteiger partial charge in [0.2, 0.25) is 0 Å². The van der Waals surface area contributed by atoms with Gasteiger partial charge in [-0.3, -0.25) is 4.68 Å². The van der Waals surface area contributed by atoms with Gasteiger partial charge in [-0.1, -0.05) is 11.6 Å². The predicted molar refractivity (Wildman–Crippen MR) is 68.5 cm³/mol. The number of furan rings is 1. The molecule has 1 atom stereocenters. The second kappa shape index (κ2) is 4.15. The maximum Gasteiger partial charge on any atom is 0.140 e. The van der Waals surface area contributed by atoms with Crippen LogP contribution in [0.5, 0.6) is 0 Å². The molecule has 0 saturated carbocycles. The van der Waals surface area contributed by atoms with Gasteiger partial charge in [0.05, 0.1) is 6.20 Å². The van der Waals surface area contributed by atoms with Crippen LogP contribution in [0, 0.1) is 0 Å². The van der Waals surface area contributed by atoms with Crippen LogP contribution in [0.4, 0.5) is 0 Å². The number of hydrogen-bond acceptors (Lipinski definition) is 3. The van der Waals surface area contributed by atoms with Gasteiger partial charge in [0.1, 0.15) is 17.4 Å². The molecule has 0 amide bonds. The lowest BCUT2D eigenvalue weighted by Crippen LogP contribution is -1.96. The molecule has 0 spiro atoms. The van der Waals surface area contributed by atoms with Crippen molar-refractivity contribution in [1.29, 1.82) is 0 Å². The maximum absolute atomic E-state index is 10.2. The van der Waals surface area contributed by atoms with Crippen molar-refractivity contribution in [2.75, 3.05) is 0 Å². The third-order valence-electron chi connectivity index (χ3n) is 2.81. The molecule has 0 aliphatic carbocycles. The van der Waals surface area contributed by atoms with Gasteiger partial charge < -0.3 is 9.52 Å². The Balaban J connectivity index is 2.03. The summed E-state index contributed by atoms with van der Waals surface area (Å²) in [7, 11) is 1.80. The molecule has 3 aromatic rings. The van der Waals surface area contributed by atoms with Gasteiger partial charge in [-0.15, -0.1) is 0 Å². The van der Waals surface area contributed by atoms with Gasteiger partial charge in [0.25, 0.3) is 0 Å². The molecular weight excluding hydrogens is 252 g/mol. The molecule has 2 heterocycles. The van der Waals surface area contributed by atoms with Gasteiger partial charge in [-0.25, -0.2) is 0 Å². The van der Waals surface area contributed by atoms with Crippen LogP contribution in [0.15, 0.2) is 41.1 Å². The molecule has 18 heavy (non-hydrogen) atoms. The van der Waals surface area contributed by atoms with Gasteiger partial charge in [0, 0.05) is 29.2 Å². The molecule has 4 nitrogen and oxygen atoms in total. The van der Waals surface area contributed by atoms with Crippen molar-refractivity contribution in [3.63, 3.8) is 0 Å². The smallest absolute Gasteiger partial charge is 0.140 e. The average molecular weight is 263 g/mol. The first-order chi connectivity index (χ1) is 8.63. The quantitative estimate of drug-likeness (QED) is 0.773. The van der Waals surface area contributed by atoms with Crippen LogP contribution in [-0.4, -0.2) is 14.9 Å². The predicted octanol–water partition coefficient (Wildman–Crippen LogP) is 2.90. The number of aryl methyl sites for hydroxylation is 1. The van der Waals surface area contributed by atoms with Gasteiger partial charge in [-0.2, -0.15) is 5.10 Å². The Bertz CT molecular complexity index is 702. The second-order valence-electron chi connectivity index (χ2n) is 4.18. The number of fused-ring (bicyclic) bond motifs is 1. The van der Waals surface area contributed by atoms with Crippen molar-refractivity contribution in [3.8, 4) is 0 Å². The van der Waals surface area contributed by atoms with Gasteiger partial charge in [-0.05, 0) is 24.3 Å². The fraction of sp³-hybridized carbons (Fsp3) is 0.154. The molecular formula is C13H11ClN2O2. The fourth-order valence-corrected chi connectivity index (χ4v) is 2.10. The summed E-state index contributed by atoms with van der Waals surface area (Å²) in [6.07, 6.45) is 2.56. The Hall–Kier alpha value is -1.78. The zero-order valence-electron chi connectivity index (χ0n) is 9.67. The molecule has 0 aliphatic rings. The Kier molecular flexibility index (Phi) is 2.61. The molecule has 3 rings (SSSR count). The standard InChI is InChI=1S/C13H11ClN2O2/c1-16-7-9(6-15-16)13(17)12-5-8-4-10(14)2-3-11(8)18-12/h2-7,13,17H,1H3. The molecule has 0 fully saturated rings. The number of halogens is 1. The topological polar surface area (TPSA) is 51.2 Å². The minimum absolute atomic E-state index is 0.486. The lowest BCUT2D eigenvalue weighted by Gasteiger charge is -2.03. The lowest BCUT2D eigenvalue weighted by atomic mass is 10.1. The van der Waals surface area contributed by atoms with Crippen LogP contribution in [-0.2, 0) is 7.05 Å². The average Bonchev–Trinajstić information content (AvgIpc) is 2.93. The Morgan fingerprint density at radius 1 is 1.39 bits per heavy atom. The number of aromatic nitrogens is 2. The van der Waals surface area contributed by atoms with Crippen LogP contribution in [0.25, 0.3) is 11.0 Å². The second-order valence-corrected chi connectivity index (χ2v) is 4.62. The third kappa shape index (κ3) is 1.89. The van der Waals surface area contributed by atoms with Gasteiger partial charge in [0.15, 0.2) is 0 Å². The molecule has 0 aliphatic heterocycles. The SMILES string of the molecule is Cn1cc(C(O)c2cc3cc(Cl)ccc3o2)cn1. The molecule has 0 bridgehead atoms. The number of benzene rings is 1. The summed E-state index contributed by atoms with van der Waals surface area (Å²) >= 11 is 5.91. The molecule has 1 N–H and O–H groups in total. The van der Waals surface area contributed by atoms with E-state index in [9.17, 15) is 5.11 Å². The number of hydrogen-bond donors (Lipinski definition) is 1. The Labute approximate surface area is 108 Å². The van der Waals surface area contributed by atoms with Gasteiger partial charge >= 0.3 is 0 Å². The van der Waals surface area contributed by atoms with Crippen LogP contribution in [0.2, 0.25) is 5.02 Å². The van der Waals surface area contributed by atoms with E-state index in [1.165, 1.54) is 0 Å². The van der Waals surface area contributed by atoms with Crippen molar-refractivity contribution < 1.29 is 9.52 Å². The van der Waals surface area contributed by atoms with Crippen LogP contribution in [0.3, 0.4) is 0 Å². The minimum atomic E-state index is -0.815. The van der Waals surface area contributed by atoms with E-state index in [2.05, 4.69) is 5.10 Å². The molecule has 1 aromatic carbocycles. The summed E-state index contributed by atoms with van der Waals surface area (Å²) in [5, 5.41) is 15.7. The summed E-state index contributed by atoms with van der Waals surface area (Å²) in [6, 6.07) is 7.14. The van der Waals surface area contributed by atoms with E-state index in [-0.39, 0.29) is 0 Å². The first kappa shape index (κ1) is 11.3. The zero-order valence-corrected chi connectivity index (χ0v) is 10.4. The highest BCUT2D eigenvalue weighted by Gasteiger charge is 2.17. The third-order valence-corrected chi connectivity index (χ3v) is 3.04. The highest BCUT2D eigenvalue weighted by molar-refractivity contribution is 6.31. The first-order valence-corrected chi connectivity index (χ1v) is 5.87. The Morgan fingerprint density at radius 2 is 2.22 bits per heavy atom. The highest BCUT2D eigenvalue weighted by atomic mass is 35.5. The Morgan fingerprint density at radius 3 is 2.94 bits per heavy atom. The summed E-state index contributed by atoms with van der Waals surface area (Å²) in [4.78, 5) is 0. The lowest BCUT2D eigenvalue weighted by molar-refractivity contribution is 0.192. The fourth-order valence-electron chi connectivity index (χ4n) is 1.92. The van der Waals surface area contributed by atoms with Crippen molar-refractivity contribution in [2.24, 2.45) is 7.05 Å². The number of aliphatic hydroxyl groups is 1. The maximum atomic E-state index is 10.2. The van der Waals surface area contributed by atoms with E-state index in [1.807, 2.05) is 0 Å². The summed E-state index contributed by atoms with van der Waals surface area (Å²) in [6.45, 7) is 0. The minimum Gasteiger partial charge on any atom is -0.458 e. The molecule has 0 radical (unpaired) electrons. The summed E-state index contributed by atoms with van der Waals surface area (Å²) in [5.74, 6) is 0.486. The number of nitrogens with zero attached hydrogens (tertiary/aromatic N) is 2. The van der Waals surface area contributed by atoms with E-state index >= 15 is 0 Å². The van der Waals surface area contributed by atoms with E-state index in [0.29, 0.717) is 21.9 Å². The van der Waals surface area contributed by atoms with E-state index in [0.717, 1.165) is 5.39 Å². The summed E-state index contributed by atoms with van der Waals surface area (Å²) < 4.78 is 7.24. The molecule has 5 heteroatoms. The molecule has 92 valence electrons. The van der Waals surface area contributed by atoms with Crippen LogP contribution >= 0.6 is 11.6 Å². The summed E-state index contributed by atoms with van der Waals surface area (Å²) in [5.41, 5.74) is 1.40. The number of rotatable bonds is 2. The first-order valence-electron chi connectivity index (χ1n) is 5.49. The molecule has 0 saturated heterocycles. The molecule has 1 unspecified atom stereocenters. The van der Waals surface area contributed by atoms with Crippen molar-refractivity contribution >= 4 is 22.6 Å². The van der Waals surface area contributed by atoms with Crippen molar-refractivity contribution in [2.45, 2.75) is 6.10 Å². The van der Waals surface area contributed by atoms with Crippen LogP contribution in [0.1, 0.15) is 17.4 Å². The monoisotopic (exact) mass is 262 g/mol. The van der Waals surface area contributed by atoms with Crippen LogP contribution < -0.4 is 0 Å². The largest absolute Gasteiger partial charge is 0.458 e. The zero-order chi connectivity index (χ0) is 12.7. The van der Waals surface area contributed by atoms with Crippen molar-refractivity contribution in [1.82, 2.24) is 9.78 Å².